The van der Waals surface area contributed by atoms with Gasteiger partial charge in [0.1, 0.15) is 5.69 Å². The first-order chi connectivity index (χ1) is 22.6. The first-order valence-corrected chi connectivity index (χ1v) is 16.9. The lowest BCUT2D eigenvalue weighted by Gasteiger charge is -2.61. The molecule has 0 radical (unpaired) electrons. The van der Waals surface area contributed by atoms with Crippen molar-refractivity contribution in [2.45, 2.75) is 65.6 Å². The molecule has 2 N–H and O–H groups in total. The molecule has 10 nitrogen and oxygen atoms in total. The second-order valence-electron chi connectivity index (χ2n) is 14.0. The van der Waals surface area contributed by atoms with Gasteiger partial charge in [-0.05, 0) is 85.3 Å². The number of hydrogen-bond donors (Lipinski definition) is 2. The van der Waals surface area contributed by atoms with Gasteiger partial charge in [0.25, 0.3) is 5.56 Å². The zero-order chi connectivity index (χ0) is 32.9. The number of piperazine rings is 1. The van der Waals surface area contributed by atoms with Crippen LogP contribution in [-0.4, -0.2) is 61.5 Å². The van der Waals surface area contributed by atoms with E-state index in [1.807, 2.05) is 54.3 Å². The summed E-state index contributed by atoms with van der Waals surface area (Å²) in [5.74, 6) is 2.87. The van der Waals surface area contributed by atoms with Crippen LogP contribution in [0.25, 0.3) is 22.4 Å². The van der Waals surface area contributed by atoms with Gasteiger partial charge < -0.3 is 15.5 Å². The number of anilines is 1. The number of aryl methyl sites for hydroxylation is 1. The molecule has 5 atom stereocenters. The van der Waals surface area contributed by atoms with Crippen LogP contribution in [0, 0.1) is 23.2 Å². The van der Waals surface area contributed by atoms with E-state index in [1.54, 1.807) is 23.2 Å². The first kappa shape index (κ1) is 31.3. The van der Waals surface area contributed by atoms with Gasteiger partial charge in [0, 0.05) is 42.2 Å². The van der Waals surface area contributed by atoms with Gasteiger partial charge in [-0.25, -0.2) is 15.0 Å². The second kappa shape index (κ2) is 12.4. The number of amides is 1. The number of halogens is 1. The summed E-state index contributed by atoms with van der Waals surface area (Å²) in [7, 11) is 0. The summed E-state index contributed by atoms with van der Waals surface area (Å²) in [6.45, 7) is 10.4. The van der Waals surface area contributed by atoms with Crippen LogP contribution in [0.4, 0.5) is 5.69 Å². The average Bonchev–Trinajstić information content (AvgIpc) is 3.05. The van der Waals surface area contributed by atoms with Gasteiger partial charge in [-0.1, -0.05) is 44.5 Å². The van der Waals surface area contributed by atoms with Crippen LogP contribution in [-0.2, 0) is 17.8 Å². The van der Waals surface area contributed by atoms with Crippen molar-refractivity contribution in [3.63, 3.8) is 0 Å². The Hall–Kier alpha value is -4.31. The third-order valence-electron chi connectivity index (χ3n) is 10.7. The molecule has 1 unspecified atom stereocenters. The molecule has 0 spiro atoms. The molecule has 2 aromatic carbocycles. The van der Waals surface area contributed by atoms with Crippen LogP contribution in [0.1, 0.15) is 46.1 Å². The average molecular weight is 653 g/mol. The quantitative estimate of drug-likeness (QED) is 0.211. The number of guanidine groups is 1. The molecule has 1 saturated heterocycles. The van der Waals surface area contributed by atoms with E-state index in [0.717, 1.165) is 17.7 Å². The number of carbonyl (C=O) groups is 1. The van der Waals surface area contributed by atoms with Gasteiger partial charge in [0.05, 0.1) is 29.7 Å². The van der Waals surface area contributed by atoms with E-state index in [4.69, 9.17) is 21.6 Å². The molecule has 2 bridgehead atoms. The fraction of sp³-hybridized carbons (Fsp3) is 0.444. The summed E-state index contributed by atoms with van der Waals surface area (Å²) < 4.78 is 1.67. The Balaban J connectivity index is 1.24. The molecule has 1 aliphatic heterocycles. The van der Waals surface area contributed by atoms with Crippen LogP contribution >= 0.6 is 11.6 Å². The van der Waals surface area contributed by atoms with Crippen LogP contribution in [0.5, 0.6) is 0 Å². The Bertz CT molecular complexity index is 1890. The van der Waals surface area contributed by atoms with E-state index in [1.165, 1.54) is 6.42 Å². The lowest BCUT2D eigenvalue weighted by Crippen LogP contribution is -2.58. The summed E-state index contributed by atoms with van der Waals surface area (Å²) in [5, 5.41) is 7.75. The van der Waals surface area contributed by atoms with E-state index < -0.39 is 0 Å². The third kappa shape index (κ3) is 6.11. The van der Waals surface area contributed by atoms with E-state index >= 15 is 0 Å². The van der Waals surface area contributed by atoms with Crippen molar-refractivity contribution >= 4 is 40.1 Å². The molecule has 244 valence electrons. The molecule has 4 fully saturated rings. The molecule has 2 aromatic heterocycles. The predicted octanol–water partition coefficient (Wildman–Crippen LogP) is 5.41. The molecule has 11 heteroatoms. The van der Waals surface area contributed by atoms with Gasteiger partial charge in [-0.3, -0.25) is 19.1 Å². The second-order valence-corrected chi connectivity index (χ2v) is 14.5. The highest BCUT2D eigenvalue weighted by Gasteiger charge is 2.56. The van der Waals surface area contributed by atoms with Crippen LogP contribution in [0.3, 0.4) is 0 Å². The Morgan fingerprint density at radius 2 is 1.91 bits per heavy atom. The van der Waals surface area contributed by atoms with E-state index in [2.05, 4.69) is 41.4 Å². The number of fused-ring (bicyclic) bond motifs is 3. The molecule has 4 aliphatic rings. The molecule has 3 aliphatic carbocycles. The van der Waals surface area contributed by atoms with Crippen LogP contribution < -0.4 is 16.2 Å². The molecular formula is C36H41ClN8O2. The Morgan fingerprint density at radius 3 is 2.62 bits per heavy atom. The van der Waals surface area contributed by atoms with Gasteiger partial charge in [0.2, 0.25) is 5.91 Å². The number of aliphatic imine (C=N–C) groups is 1. The Kier molecular flexibility index (Phi) is 8.24. The normalized spacial score (nSPS) is 25.3. The molecular weight excluding hydrogens is 612 g/mol. The summed E-state index contributed by atoms with van der Waals surface area (Å²) in [4.78, 5) is 47.7. The zero-order valence-corrected chi connectivity index (χ0v) is 28.0. The fourth-order valence-corrected chi connectivity index (χ4v) is 8.00. The number of aromatic nitrogens is 4. The van der Waals surface area contributed by atoms with Crippen molar-refractivity contribution in [2.75, 3.05) is 18.4 Å². The minimum atomic E-state index is -0.149. The largest absolute Gasteiger partial charge is 0.350 e. The van der Waals surface area contributed by atoms with Gasteiger partial charge in [-0.15, -0.1) is 0 Å². The topological polar surface area (TPSA) is 117 Å². The van der Waals surface area contributed by atoms with E-state index in [0.29, 0.717) is 76.1 Å². The third-order valence-corrected chi connectivity index (χ3v) is 10.9. The van der Waals surface area contributed by atoms with Crippen molar-refractivity contribution in [2.24, 2.45) is 28.2 Å². The zero-order valence-electron chi connectivity index (χ0n) is 27.3. The summed E-state index contributed by atoms with van der Waals surface area (Å²) in [5.41, 5.74) is 3.08. The molecule has 4 aromatic rings. The van der Waals surface area contributed by atoms with Crippen LogP contribution in [0.15, 0.2) is 70.8 Å². The van der Waals surface area contributed by atoms with E-state index in [-0.39, 0.29) is 30.1 Å². The summed E-state index contributed by atoms with van der Waals surface area (Å²) in [6, 6.07) is 13.4. The fourth-order valence-electron chi connectivity index (χ4n) is 7.88. The molecule has 3 saturated carbocycles. The Morgan fingerprint density at radius 1 is 1.11 bits per heavy atom. The summed E-state index contributed by atoms with van der Waals surface area (Å²) >= 11 is 6.09. The first-order valence-electron chi connectivity index (χ1n) is 16.5. The van der Waals surface area contributed by atoms with Crippen LogP contribution in [0.2, 0.25) is 5.02 Å². The number of carbonyl (C=O) groups excluding carboxylic acids is 1. The standard InChI is InChI=1S/C36H41ClN8O2/c1-21-19-44(20-32(46)40-21)35(43-29-16-24-15-28(22(29)2)36(24,3)4)41-26-9-10-27-30(17-26)42-33(31-18-38-12-13-39-31)45(34(27)47)14-11-23-5-7-25(37)8-6-23/h5-10,12-13,17-18,21-22,24,28-29H,11,14-16,19-20H2,1-4H3,(H,40,46)(H,41,43)/t21-,22-,24-,28+,29?/m0/s1. The number of nitrogens with zero attached hydrogens (tertiary/aromatic N) is 6. The predicted molar refractivity (Wildman–Crippen MR) is 185 cm³/mol. The maximum atomic E-state index is 14.0. The van der Waals surface area contributed by atoms with Gasteiger partial charge in [0.15, 0.2) is 11.8 Å². The van der Waals surface area contributed by atoms with Crippen molar-refractivity contribution in [3.05, 3.63) is 82.0 Å². The SMILES string of the molecule is C[C@@H]1C(N=C(Nc2ccc3c(=O)n(CCc4ccc(Cl)cc4)c(-c4cnccn4)nc3c2)N2CC(=O)N[C@@H](C)C2)C[C@@H]2C[C@H]1C2(C)C. The molecule has 3 heterocycles. The van der Waals surface area contributed by atoms with E-state index in [9.17, 15) is 9.59 Å². The maximum Gasteiger partial charge on any atom is 0.261 e. The highest BCUT2D eigenvalue weighted by molar-refractivity contribution is 6.30. The van der Waals surface area contributed by atoms with Crippen molar-refractivity contribution in [1.82, 2.24) is 29.7 Å². The lowest BCUT2D eigenvalue weighted by molar-refractivity contribution is -0.124. The Labute approximate surface area is 279 Å². The highest BCUT2D eigenvalue weighted by Crippen LogP contribution is 2.61. The number of benzene rings is 2. The van der Waals surface area contributed by atoms with Crippen molar-refractivity contribution in [1.29, 1.82) is 0 Å². The molecule has 47 heavy (non-hydrogen) atoms. The monoisotopic (exact) mass is 652 g/mol. The number of rotatable bonds is 6. The van der Waals surface area contributed by atoms with Crippen molar-refractivity contribution < 1.29 is 4.79 Å². The number of hydrogen-bond acceptors (Lipinski definition) is 6. The highest BCUT2D eigenvalue weighted by atomic mass is 35.5. The molecule has 1 amide bonds. The maximum absolute atomic E-state index is 14.0. The lowest BCUT2D eigenvalue weighted by atomic mass is 9.45. The summed E-state index contributed by atoms with van der Waals surface area (Å²) in [6.07, 6.45) is 7.76. The van der Waals surface area contributed by atoms with Gasteiger partial charge in [-0.2, -0.15) is 0 Å². The minimum Gasteiger partial charge on any atom is -0.350 e. The van der Waals surface area contributed by atoms with Gasteiger partial charge >= 0.3 is 0 Å². The smallest absolute Gasteiger partial charge is 0.261 e. The molecule has 8 rings (SSSR count). The minimum absolute atomic E-state index is 0.00137. The number of nitrogens with one attached hydrogen (secondary N) is 2. The van der Waals surface area contributed by atoms with Crippen molar-refractivity contribution in [3.8, 4) is 11.5 Å².